The average molecular weight is 624 g/mol. The first kappa shape index (κ1) is 29.0. The van der Waals surface area contributed by atoms with E-state index >= 15 is 4.39 Å². The Kier molecular flexibility index (Phi) is 6.67. The fourth-order valence-corrected chi connectivity index (χ4v) is 7.74. The van der Waals surface area contributed by atoms with Crippen LogP contribution in [0, 0.1) is 11.7 Å². The van der Waals surface area contributed by atoms with Crippen LogP contribution in [-0.2, 0) is 16.5 Å². The molecule has 2 aromatic carbocycles. The normalized spacial score (nSPS) is 24.8. The minimum atomic E-state index is -3.05. The molecule has 1 aliphatic carbocycles. The van der Waals surface area contributed by atoms with Crippen molar-refractivity contribution in [1.82, 2.24) is 24.6 Å². The van der Waals surface area contributed by atoms with E-state index in [0.29, 0.717) is 40.9 Å². The molecule has 1 amide bonds. The zero-order chi connectivity index (χ0) is 31.1. The molecule has 0 saturated heterocycles. The van der Waals surface area contributed by atoms with Gasteiger partial charge in [0.15, 0.2) is 0 Å². The third-order valence-electron chi connectivity index (χ3n) is 9.21. The Labute approximate surface area is 255 Å². The lowest BCUT2D eigenvalue weighted by Crippen LogP contribution is -2.58. The summed E-state index contributed by atoms with van der Waals surface area (Å²) < 4.78 is 65.1. The van der Waals surface area contributed by atoms with Gasteiger partial charge < -0.3 is 14.6 Å². The van der Waals surface area contributed by atoms with Gasteiger partial charge in [-0.25, -0.2) is 18.3 Å². The monoisotopic (exact) mass is 623 g/mol. The number of alkyl halides is 2. The SMILES string of the molecule is C[C@@H]1CC[C@@]1(NS(=O)C(C)(C)C)c1ncc(-c2ccc3nc4n(c3c2)[C@H]2C[C@H]4NC(=O)c3cccc(OC(F)F)c32)cc1F. The topological polar surface area (TPSA) is 98.1 Å². The van der Waals surface area contributed by atoms with Gasteiger partial charge in [0.05, 0.1) is 50.1 Å². The van der Waals surface area contributed by atoms with Crippen molar-refractivity contribution in [2.24, 2.45) is 5.92 Å². The number of hydrogen-bond donors (Lipinski definition) is 2. The van der Waals surface area contributed by atoms with Gasteiger partial charge in [-0.2, -0.15) is 8.78 Å². The molecule has 7 rings (SSSR count). The summed E-state index contributed by atoms with van der Waals surface area (Å²) >= 11 is 0. The average Bonchev–Trinajstić information content (AvgIpc) is 3.46. The summed E-state index contributed by atoms with van der Waals surface area (Å²) in [5, 5.41) is 2.98. The van der Waals surface area contributed by atoms with E-state index in [1.807, 2.05) is 50.5 Å². The van der Waals surface area contributed by atoms with Crippen LogP contribution in [0.15, 0.2) is 48.7 Å². The minimum absolute atomic E-state index is 0.0498. The van der Waals surface area contributed by atoms with E-state index < -0.39 is 45.8 Å². The standard InChI is InChI=1S/C32H32F3N5O3S/c1-16-10-11-32(16,39-44(42)31(2,3)4)27-20(33)12-18(15-36-27)17-8-9-21-23(13-17)40-24-14-22(28(40)37-21)38-29(41)19-6-5-7-25(26(19)24)43-30(34)35/h5-9,12-13,15-16,22,24,30,39H,10-11,14H2,1-4H3,(H,38,41)/t16-,22-,24+,32+,44?/m1/s1. The molecule has 5 atom stereocenters. The second-order valence-corrected chi connectivity index (χ2v) is 14.8. The first-order valence-corrected chi connectivity index (χ1v) is 15.8. The summed E-state index contributed by atoms with van der Waals surface area (Å²) in [6.45, 7) is 4.58. The fourth-order valence-electron chi connectivity index (χ4n) is 6.71. The number of fused-ring (bicyclic) bond motifs is 9. The maximum Gasteiger partial charge on any atom is 0.387 e. The van der Waals surface area contributed by atoms with E-state index in [4.69, 9.17) is 9.72 Å². The van der Waals surface area contributed by atoms with E-state index in [1.54, 1.807) is 12.3 Å². The van der Waals surface area contributed by atoms with Crippen LogP contribution in [-0.4, -0.2) is 36.0 Å². The van der Waals surface area contributed by atoms with Gasteiger partial charge in [0.1, 0.15) is 17.4 Å². The highest BCUT2D eigenvalue weighted by atomic mass is 32.2. The van der Waals surface area contributed by atoms with Crippen molar-refractivity contribution in [3.05, 3.63) is 77.1 Å². The number of benzene rings is 2. The van der Waals surface area contributed by atoms with Gasteiger partial charge in [-0.1, -0.05) is 19.1 Å². The van der Waals surface area contributed by atoms with E-state index in [2.05, 4.69) is 15.0 Å². The van der Waals surface area contributed by atoms with Crippen molar-refractivity contribution >= 4 is 27.9 Å². The smallest absolute Gasteiger partial charge is 0.387 e. The number of carbonyl (C=O) groups excluding carboxylic acids is 1. The molecule has 230 valence electrons. The highest BCUT2D eigenvalue weighted by Gasteiger charge is 2.50. The van der Waals surface area contributed by atoms with Crippen molar-refractivity contribution in [1.29, 1.82) is 0 Å². The lowest BCUT2D eigenvalue weighted by molar-refractivity contribution is -0.0507. The van der Waals surface area contributed by atoms with Crippen LogP contribution >= 0.6 is 0 Å². The molecule has 2 N–H and O–H groups in total. The molecule has 44 heavy (non-hydrogen) atoms. The first-order valence-electron chi connectivity index (χ1n) is 14.6. The zero-order valence-electron chi connectivity index (χ0n) is 24.7. The molecule has 8 nitrogen and oxygen atoms in total. The van der Waals surface area contributed by atoms with Crippen LogP contribution in [0.4, 0.5) is 13.2 Å². The Hall–Kier alpha value is -3.77. The minimum Gasteiger partial charge on any atom is -0.434 e. The molecule has 2 aromatic heterocycles. The fraction of sp³-hybridized carbons (Fsp3) is 0.406. The lowest BCUT2D eigenvalue weighted by Gasteiger charge is -2.48. The van der Waals surface area contributed by atoms with Crippen LogP contribution in [0.3, 0.4) is 0 Å². The molecule has 2 bridgehead atoms. The summed E-state index contributed by atoms with van der Waals surface area (Å²) in [7, 11) is -1.41. The van der Waals surface area contributed by atoms with Crippen molar-refractivity contribution in [3.63, 3.8) is 0 Å². The summed E-state index contributed by atoms with van der Waals surface area (Å²) in [5.74, 6) is -0.230. The second-order valence-electron chi connectivity index (χ2n) is 12.9. The van der Waals surface area contributed by atoms with E-state index in [-0.39, 0.29) is 28.8 Å². The van der Waals surface area contributed by atoms with Crippen LogP contribution in [0.25, 0.3) is 22.2 Å². The maximum atomic E-state index is 15.9. The Bertz CT molecular complexity index is 1850. The number of nitrogens with one attached hydrogen (secondary N) is 2. The molecule has 1 fully saturated rings. The highest BCUT2D eigenvalue weighted by Crippen LogP contribution is 2.49. The molecule has 1 saturated carbocycles. The maximum absolute atomic E-state index is 15.9. The number of imidazole rings is 1. The van der Waals surface area contributed by atoms with Crippen LogP contribution in [0.1, 0.15) is 86.5 Å². The highest BCUT2D eigenvalue weighted by molar-refractivity contribution is 7.84. The molecular formula is C32H32F3N5O3S. The summed E-state index contributed by atoms with van der Waals surface area (Å²) in [6, 6.07) is 10.7. The zero-order valence-corrected chi connectivity index (χ0v) is 25.5. The summed E-state index contributed by atoms with van der Waals surface area (Å²) in [5.41, 5.74) is 2.72. The third-order valence-corrected chi connectivity index (χ3v) is 10.9. The number of hydrogen-bond acceptors (Lipinski definition) is 5. The van der Waals surface area contributed by atoms with Crippen LogP contribution < -0.4 is 14.8 Å². The summed E-state index contributed by atoms with van der Waals surface area (Å²) in [6.07, 6.45) is 3.56. The largest absolute Gasteiger partial charge is 0.434 e. The third kappa shape index (κ3) is 4.44. The number of rotatable bonds is 6. The predicted molar refractivity (Wildman–Crippen MR) is 160 cm³/mol. The van der Waals surface area contributed by atoms with E-state index in [9.17, 15) is 17.8 Å². The van der Waals surface area contributed by atoms with Gasteiger partial charge in [-0.15, -0.1) is 0 Å². The molecular weight excluding hydrogens is 591 g/mol. The Morgan fingerprint density at radius 3 is 2.64 bits per heavy atom. The van der Waals surface area contributed by atoms with Gasteiger partial charge in [-0.3, -0.25) is 9.78 Å². The molecule has 0 spiro atoms. The summed E-state index contributed by atoms with van der Waals surface area (Å²) in [4.78, 5) is 22.4. The molecule has 1 unspecified atom stereocenters. The number of halogens is 3. The molecule has 2 aliphatic heterocycles. The van der Waals surface area contributed by atoms with Gasteiger partial charge in [0.2, 0.25) is 0 Å². The lowest BCUT2D eigenvalue weighted by atomic mass is 9.66. The number of amides is 1. The van der Waals surface area contributed by atoms with Crippen molar-refractivity contribution in [2.75, 3.05) is 0 Å². The Morgan fingerprint density at radius 2 is 1.98 bits per heavy atom. The van der Waals surface area contributed by atoms with Crippen molar-refractivity contribution in [3.8, 4) is 16.9 Å². The van der Waals surface area contributed by atoms with Gasteiger partial charge in [0, 0.05) is 22.9 Å². The van der Waals surface area contributed by atoms with Gasteiger partial charge in [-0.05, 0) is 81.8 Å². The Morgan fingerprint density at radius 1 is 1.18 bits per heavy atom. The van der Waals surface area contributed by atoms with E-state index in [1.165, 1.54) is 18.2 Å². The number of nitrogens with zero attached hydrogens (tertiary/aromatic N) is 3. The van der Waals surface area contributed by atoms with Gasteiger partial charge in [0.25, 0.3) is 5.91 Å². The van der Waals surface area contributed by atoms with Gasteiger partial charge >= 0.3 is 6.61 Å². The van der Waals surface area contributed by atoms with E-state index in [0.717, 1.165) is 11.9 Å². The molecule has 12 heteroatoms. The predicted octanol–water partition coefficient (Wildman–Crippen LogP) is 6.29. The molecule has 4 heterocycles. The van der Waals surface area contributed by atoms with Crippen LogP contribution in [0.2, 0.25) is 0 Å². The Balaban J connectivity index is 1.29. The number of pyridine rings is 1. The molecule has 3 aliphatic rings. The molecule has 0 radical (unpaired) electrons. The van der Waals surface area contributed by atoms with Crippen molar-refractivity contribution in [2.45, 2.75) is 75.9 Å². The quantitative estimate of drug-likeness (QED) is 0.263. The van der Waals surface area contributed by atoms with Crippen LogP contribution in [0.5, 0.6) is 5.75 Å². The van der Waals surface area contributed by atoms with Crippen molar-refractivity contribution < 1.29 is 26.9 Å². The molecule has 4 aromatic rings. The second kappa shape index (κ2) is 10.1. The number of carbonyl (C=O) groups is 1. The number of ether oxygens (including phenoxy) is 1. The number of aromatic nitrogens is 3. The first-order chi connectivity index (χ1) is 20.9.